The number of rotatable bonds is 0. The molecule has 1 atom stereocenters. The molecule has 2 heterocycles. The van der Waals surface area contributed by atoms with Crippen LogP contribution in [0.4, 0.5) is 4.79 Å². The van der Waals surface area contributed by atoms with Gasteiger partial charge in [-0.1, -0.05) is 0 Å². The van der Waals surface area contributed by atoms with E-state index in [1.54, 1.807) is 4.90 Å². The molecular formula is C7H10N3O2Pt-. The minimum atomic E-state index is -0.309. The second kappa shape index (κ2) is 3.76. The topological polar surface area (TPSA) is 54.7 Å². The fourth-order valence-corrected chi connectivity index (χ4v) is 1.60. The number of hydrogen-bond acceptors (Lipinski definition) is 2. The Hall–Kier alpha value is -0.412. The van der Waals surface area contributed by atoms with Crippen LogP contribution in [-0.4, -0.2) is 54.5 Å². The predicted molar refractivity (Wildman–Crippen MR) is 41.8 cm³/mol. The Kier molecular flexibility index (Phi) is 3.09. The number of imide groups is 1. The molecule has 5 nitrogen and oxygen atoms in total. The van der Waals surface area contributed by atoms with E-state index in [9.17, 15) is 9.59 Å². The maximum absolute atomic E-state index is 11.4. The number of nitrogens with zero attached hydrogens (tertiary/aromatic N) is 3. The summed E-state index contributed by atoms with van der Waals surface area (Å²) in [5.41, 5.74) is 0. The zero-order valence-electron chi connectivity index (χ0n) is 7.17. The average molecular weight is 363 g/mol. The minimum Gasteiger partial charge on any atom is -0.659 e. The van der Waals surface area contributed by atoms with E-state index in [-0.39, 0.29) is 39.0 Å². The molecule has 6 heteroatoms. The van der Waals surface area contributed by atoms with Gasteiger partial charge in [0.15, 0.2) is 0 Å². The van der Waals surface area contributed by atoms with Crippen LogP contribution >= 0.6 is 0 Å². The molecule has 0 aliphatic carbocycles. The monoisotopic (exact) mass is 363 g/mol. The Balaban J connectivity index is 0.000000845. The number of carbonyl (C=O) groups is 2. The van der Waals surface area contributed by atoms with Crippen molar-refractivity contribution in [1.29, 1.82) is 0 Å². The Labute approximate surface area is 90.7 Å². The van der Waals surface area contributed by atoms with Gasteiger partial charge in [-0.25, -0.2) is 4.79 Å². The molecule has 0 saturated carbocycles. The standard InChI is InChI=1S/C7H10N3O2.Pt/c1-9-6(11)5-4-8-2-3-10(5)7(9)12;/h5H,2-4H2,1H3;/q-1;. The van der Waals surface area contributed by atoms with Crippen molar-refractivity contribution in [3.8, 4) is 0 Å². The van der Waals surface area contributed by atoms with Gasteiger partial charge in [-0.3, -0.25) is 9.69 Å². The number of amides is 3. The number of piperazine rings is 1. The van der Waals surface area contributed by atoms with Crippen LogP contribution in [0.3, 0.4) is 0 Å². The zero-order valence-corrected chi connectivity index (χ0v) is 9.45. The normalized spacial score (nSPS) is 27.3. The third-order valence-electron chi connectivity index (χ3n) is 2.33. The van der Waals surface area contributed by atoms with Gasteiger partial charge in [0.05, 0.1) is 6.04 Å². The van der Waals surface area contributed by atoms with Crippen molar-refractivity contribution in [2.45, 2.75) is 6.04 Å². The molecule has 2 saturated heterocycles. The first-order chi connectivity index (χ1) is 5.72. The number of fused-ring (bicyclic) bond motifs is 1. The maximum atomic E-state index is 11.4. The summed E-state index contributed by atoms with van der Waals surface area (Å²) >= 11 is 0. The molecule has 2 rings (SSSR count). The summed E-state index contributed by atoms with van der Waals surface area (Å²) in [5.74, 6) is -0.122. The Morgan fingerprint density at radius 2 is 2.15 bits per heavy atom. The number of urea groups is 1. The molecule has 3 amide bonds. The molecule has 2 aliphatic rings. The summed E-state index contributed by atoms with van der Waals surface area (Å²) in [6.07, 6.45) is 0. The Bertz CT molecular complexity index is 222. The fraction of sp³-hybridized carbons (Fsp3) is 0.714. The van der Waals surface area contributed by atoms with Gasteiger partial charge < -0.3 is 10.2 Å². The zero-order chi connectivity index (χ0) is 8.72. The summed E-state index contributed by atoms with van der Waals surface area (Å²) < 4.78 is 0. The predicted octanol–water partition coefficient (Wildman–Crippen LogP) is -0.366. The van der Waals surface area contributed by atoms with E-state index < -0.39 is 0 Å². The summed E-state index contributed by atoms with van der Waals surface area (Å²) in [7, 11) is 1.52. The van der Waals surface area contributed by atoms with Gasteiger partial charge in [0.1, 0.15) is 0 Å². The van der Waals surface area contributed by atoms with E-state index in [2.05, 4.69) is 5.32 Å². The van der Waals surface area contributed by atoms with Crippen LogP contribution in [0, 0.1) is 0 Å². The van der Waals surface area contributed by atoms with E-state index in [1.165, 1.54) is 11.9 Å². The molecule has 13 heavy (non-hydrogen) atoms. The van der Waals surface area contributed by atoms with Gasteiger partial charge in [0.25, 0.3) is 5.91 Å². The third-order valence-corrected chi connectivity index (χ3v) is 2.33. The van der Waals surface area contributed by atoms with Crippen molar-refractivity contribution in [2.75, 3.05) is 26.7 Å². The molecular weight excluding hydrogens is 353 g/mol. The summed E-state index contributed by atoms with van der Waals surface area (Å²) in [6.45, 7) is 1.71. The molecule has 0 N–H and O–H groups in total. The average Bonchev–Trinajstić information content (AvgIpc) is 2.33. The molecule has 2 aliphatic heterocycles. The number of hydrogen-bond donors (Lipinski definition) is 0. The van der Waals surface area contributed by atoms with E-state index >= 15 is 0 Å². The number of likely N-dealkylation sites (N-methyl/N-ethyl adjacent to an activating group) is 1. The first-order valence-corrected chi connectivity index (χ1v) is 3.93. The van der Waals surface area contributed by atoms with E-state index in [1.807, 2.05) is 0 Å². The summed E-state index contributed by atoms with van der Waals surface area (Å²) in [4.78, 5) is 25.5. The third kappa shape index (κ3) is 1.51. The van der Waals surface area contributed by atoms with Crippen LogP contribution < -0.4 is 0 Å². The smallest absolute Gasteiger partial charge is 0.327 e. The van der Waals surface area contributed by atoms with Gasteiger partial charge in [-0.15, -0.1) is 13.1 Å². The van der Waals surface area contributed by atoms with Gasteiger partial charge in [-0.2, -0.15) is 0 Å². The van der Waals surface area contributed by atoms with Crippen LogP contribution in [0.2, 0.25) is 0 Å². The second-order valence-electron chi connectivity index (χ2n) is 3.02. The molecule has 0 bridgehead atoms. The largest absolute Gasteiger partial charge is 0.659 e. The van der Waals surface area contributed by atoms with Crippen LogP contribution in [-0.2, 0) is 25.9 Å². The Morgan fingerprint density at radius 3 is 2.77 bits per heavy atom. The molecule has 0 radical (unpaired) electrons. The van der Waals surface area contributed by atoms with Gasteiger partial charge in [0, 0.05) is 34.7 Å². The first-order valence-electron chi connectivity index (χ1n) is 3.93. The van der Waals surface area contributed by atoms with Crippen LogP contribution in [0.5, 0.6) is 0 Å². The summed E-state index contributed by atoms with van der Waals surface area (Å²) in [6, 6.07) is -0.490. The second-order valence-corrected chi connectivity index (χ2v) is 3.02. The Morgan fingerprint density at radius 1 is 1.46 bits per heavy atom. The van der Waals surface area contributed by atoms with Crippen molar-refractivity contribution in [3.63, 3.8) is 0 Å². The van der Waals surface area contributed by atoms with Gasteiger partial charge >= 0.3 is 6.03 Å². The maximum Gasteiger partial charge on any atom is 0.327 e. The van der Waals surface area contributed by atoms with E-state index in [0.29, 0.717) is 19.6 Å². The first kappa shape index (κ1) is 10.7. The van der Waals surface area contributed by atoms with Crippen molar-refractivity contribution >= 4 is 11.9 Å². The molecule has 0 aromatic heterocycles. The van der Waals surface area contributed by atoms with Crippen molar-refractivity contribution in [2.24, 2.45) is 0 Å². The molecule has 1 unspecified atom stereocenters. The van der Waals surface area contributed by atoms with Crippen LogP contribution in [0.1, 0.15) is 0 Å². The fourth-order valence-electron chi connectivity index (χ4n) is 1.60. The minimum absolute atomic E-state index is 0. The van der Waals surface area contributed by atoms with Crippen molar-refractivity contribution in [3.05, 3.63) is 5.32 Å². The quantitative estimate of drug-likeness (QED) is 0.552. The molecule has 0 spiro atoms. The molecule has 76 valence electrons. The van der Waals surface area contributed by atoms with Gasteiger partial charge in [0.2, 0.25) is 0 Å². The SMILES string of the molecule is CN1C(=O)C2C[N-]CCN2C1=O.[Pt]. The summed E-state index contributed by atoms with van der Waals surface area (Å²) in [5, 5.41) is 4.10. The van der Waals surface area contributed by atoms with Crippen molar-refractivity contribution < 1.29 is 30.7 Å². The van der Waals surface area contributed by atoms with Gasteiger partial charge in [-0.05, 0) is 0 Å². The van der Waals surface area contributed by atoms with Crippen LogP contribution in [0.25, 0.3) is 5.32 Å². The van der Waals surface area contributed by atoms with E-state index in [0.717, 1.165) is 0 Å². The molecule has 0 aromatic rings. The molecule has 2 fully saturated rings. The number of carbonyl (C=O) groups excluding carboxylic acids is 2. The van der Waals surface area contributed by atoms with Crippen LogP contribution in [0.15, 0.2) is 0 Å². The van der Waals surface area contributed by atoms with Crippen molar-refractivity contribution in [1.82, 2.24) is 9.80 Å². The van der Waals surface area contributed by atoms with E-state index in [4.69, 9.17) is 0 Å². The molecule has 0 aromatic carbocycles.